The second kappa shape index (κ2) is 6.84. The van der Waals surface area contributed by atoms with E-state index in [-0.39, 0.29) is 0 Å². The minimum atomic E-state index is 0.536. The SMILES string of the molecule is CCCc1nc(N)cc(N(C)CCc2ccncc2)n1. The average Bonchev–Trinajstić information content (AvgIpc) is 2.45. The van der Waals surface area contributed by atoms with Gasteiger partial charge in [0.2, 0.25) is 0 Å². The Morgan fingerprint density at radius 1 is 1.15 bits per heavy atom. The lowest BCUT2D eigenvalue weighted by Gasteiger charge is -2.19. The second-order valence-corrected chi connectivity index (χ2v) is 4.84. The van der Waals surface area contributed by atoms with Gasteiger partial charge in [-0.1, -0.05) is 6.92 Å². The molecule has 0 aromatic carbocycles. The highest BCUT2D eigenvalue weighted by Crippen LogP contribution is 2.14. The number of hydrogen-bond donors (Lipinski definition) is 1. The van der Waals surface area contributed by atoms with Crippen LogP contribution in [0, 0.1) is 0 Å². The van der Waals surface area contributed by atoms with Crippen molar-refractivity contribution in [3.8, 4) is 0 Å². The molecule has 0 saturated heterocycles. The lowest BCUT2D eigenvalue weighted by Crippen LogP contribution is -2.22. The van der Waals surface area contributed by atoms with Gasteiger partial charge in [0.1, 0.15) is 17.5 Å². The molecule has 0 fully saturated rings. The van der Waals surface area contributed by atoms with Gasteiger partial charge in [0, 0.05) is 38.5 Å². The maximum absolute atomic E-state index is 5.85. The third-order valence-corrected chi connectivity index (χ3v) is 3.13. The summed E-state index contributed by atoms with van der Waals surface area (Å²) in [6.45, 7) is 2.99. The number of nitrogen functional groups attached to an aromatic ring is 1. The number of nitrogens with two attached hydrogens (primary N) is 1. The number of anilines is 2. The van der Waals surface area contributed by atoms with Gasteiger partial charge >= 0.3 is 0 Å². The summed E-state index contributed by atoms with van der Waals surface area (Å²) in [5.74, 6) is 2.24. The summed E-state index contributed by atoms with van der Waals surface area (Å²) in [5.41, 5.74) is 7.12. The quantitative estimate of drug-likeness (QED) is 0.871. The van der Waals surface area contributed by atoms with E-state index in [0.29, 0.717) is 5.82 Å². The summed E-state index contributed by atoms with van der Waals surface area (Å²) >= 11 is 0. The fourth-order valence-electron chi connectivity index (χ4n) is 1.99. The van der Waals surface area contributed by atoms with Gasteiger partial charge in [-0.3, -0.25) is 4.98 Å². The van der Waals surface area contributed by atoms with Crippen LogP contribution in [0.3, 0.4) is 0 Å². The molecule has 0 aliphatic carbocycles. The van der Waals surface area contributed by atoms with Crippen molar-refractivity contribution in [1.29, 1.82) is 0 Å². The van der Waals surface area contributed by atoms with E-state index in [2.05, 4.69) is 26.8 Å². The molecule has 2 aromatic rings. The smallest absolute Gasteiger partial charge is 0.134 e. The molecule has 0 unspecified atom stereocenters. The van der Waals surface area contributed by atoms with Gasteiger partial charge in [-0.2, -0.15) is 0 Å². The number of aryl methyl sites for hydroxylation is 1. The maximum atomic E-state index is 5.85. The molecule has 5 nitrogen and oxygen atoms in total. The van der Waals surface area contributed by atoms with Crippen LogP contribution in [-0.4, -0.2) is 28.5 Å². The first-order valence-corrected chi connectivity index (χ1v) is 6.92. The van der Waals surface area contributed by atoms with Gasteiger partial charge in [0.15, 0.2) is 0 Å². The fourth-order valence-corrected chi connectivity index (χ4v) is 1.99. The lowest BCUT2D eigenvalue weighted by atomic mass is 10.2. The minimum absolute atomic E-state index is 0.536. The molecule has 5 heteroatoms. The summed E-state index contributed by atoms with van der Waals surface area (Å²) in [6, 6.07) is 5.89. The molecule has 2 rings (SSSR count). The molecule has 2 heterocycles. The van der Waals surface area contributed by atoms with Crippen LogP contribution in [0.5, 0.6) is 0 Å². The number of rotatable bonds is 6. The molecule has 0 atom stereocenters. The molecule has 0 aliphatic rings. The van der Waals surface area contributed by atoms with E-state index in [1.54, 1.807) is 0 Å². The van der Waals surface area contributed by atoms with E-state index in [0.717, 1.165) is 37.4 Å². The molecule has 0 spiro atoms. The van der Waals surface area contributed by atoms with Gasteiger partial charge in [-0.25, -0.2) is 9.97 Å². The van der Waals surface area contributed by atoms with Gasteiger partial charge in [0.05, 0.1) is 0 Å². The molecule has 106 valence electrons. The molecule has 0 radical (unpaired) electrons. The van der Waals surface area contributed by atoms with Gasteiger partial charge in [0.25, 0.3) is 0 Å². The monoisotopic (exact) mass is 271 g/mol. The summed E-state index contributed by atoms with van der Waals surface area (Å²) in [4.78, 5) is 14.9. The van der Waals surface area contributed by atoms with Crippen LogP contribution in [0.15, 0.2) is 30.6 Å². The van der Waals surface area contributed by atoms with Crippen molar-refractivity contribution in [3.63, 3.8) is 0 Å². The van der Waals surface area contributed by atoms with Crippen LogP contribution in [-0.2, 0) is 12.8 Å². The van der Waals surface area contributed by atoms with E-state index >= 15 is 0 Å². The highest BCUT2D eigenvalue weighted by atomic mass is 15.2. The highest BCUT2D eigenvalue weighted by Gasteiger charge is 2.07. The first kappa shape index (κ1) is 14.2. The van der Waals surface area contributed by atoms with E-state index in [1.807, 2.05) is 37.6 Å². The molecule has 0 bridgehead atoms. The Balaban J connectivity index is 2.03. The van der Waals surface area contributed by atoms with Crippen LogP contribution in [0.1, 0.15) is 24.7 Å². The zero-order valence-corrected chi connectivity index (χ0v) is 12.1. The first-order valence-electron chi connectivity index (χ1n) is 6.92. The van der Waals surface area contributed by atoms with E-state index in [1.165, 1.54) is 5.56 Å². The van der Waals surface area contributed by atoms with Gasteiger partial charge < -0.3 is 10.6 Å². The number of pyridine rings is 1. The van der Waals surface area contributed by atoms with Crippen LogP contribution in [0.4, 0.5) is 11.6 Å². The second-order valence-electron chi connectivity index (χ2n) is 4.84. The standard InChI is InChI=1S/C15H21N5/c1-3-4-14-18-13(16)11-15(19-14)20(2)10-7-12-5-8-17-9-6-12/h5-6,8-9,11H,3-4,7,10H2,1-2H3,(H2,16,18,19). The van der Waals surface area contributed by atoms with E-state index in [4.69, 9.17) is 5.73 Å². The van der Waals surface area contributed by atoms with Crippen molar-refractivity contribution in [2.45, 2.75) is 26.2 Å². The van der Waals surface area contributed by atoms with E-state index in [9.17, 15) is 0 Å². The van der Waals surface area contributed by atoms with Crippen molar-refractivity contribution in [2.75, 3.05) is 24.2 Å². The minimum Gasteiger partial charge on any atom is -0.384 e. The molecular formula is C15H21N5. The normalized spacial score (nSPS) is 10.5. The third-order valence-electron chi connectivity index (χ3n) is 3.13. The fraction of sp³-hybridized carbons (Fsp3) is 0.400. The van der Waals surface area contributed by atoms with Crippen LogP contribution in [0.2, 0.25) is 0 Å². The molecule has 2 aromatic heterocycles. The summed E-state index contributed by atoms with van der Waals surface area (Å²) in [7, 11) is 2.03. The van der Waals surface area contributed by atoms with Gasteiger partial charge in [-0.05, 0) is 30.5 Å². The first-order chi connectivity index (χ1) is 9.69. The molecule has 0 aliphatic heterocycles. The summed E-state index contributed by atoms with van der Waals surface area (Å²) in [5, 5.41) is 0. The highest BCUT2D eigenvalue weighted by molar-refractivity contribution is 5.46. The summed E-state index contributed by atoms with van der Waals surface area (Å²) in [6.07, 6.45) is 6.46. The molecule has 0 amide bonds. The number of hydrogen-bond acceptors (Lipinski definition) is 5. The number of aromatic nitrogens is 3. The van der Waals surface area contributed by atoms with Crippen LogP contribution >= 0.6 is 0 Å². The van der Waals surface area contributed by atoms with Crippen molar-refractivity contribution in [2.24, 2.45) is 0 Å². The number of nitrogens with zero attached hydrogens (tertiary/aromatic N) is 4. The zero-order valence-electron chi connectivity index (χ0n) is 12.1. The van der Waals surface area contributed by atoms with Crippen molar-refractivity contribution >= 4 is 11.6 Å². The Bertz CT molecular complexity index is 541. The Kier molecular flexibility index (Phi) is 4.87. The Morgan fingerprint density at radius 2 is 1.90 bits per heavy atom. The zero-order chi connectivity index (χ0) is 14.4. The Morgan fingerprint density at radius 3 is 2.60 bits per heavy atom. The molecule has 20 heavy (non-hydrogen) atoms. The molecule has 0 saturated carbocycles. The molecular weight excluding hydrogens is 250 g/mol. The van der Waals surface area contributed by atoms with Crippen molar-refractivity contribution in [1.82, 2.24) is 15.0 Å². The van der Waals surface area contributed by atoms with Crippen molar-refractivity contribution in [3.05, 3.63) is 42.0 Å². The Labute approximate surface area is 119 Å². The summed E-state index contributed by atoms with van der Waals surface area (Å²) < 4.78 is 0. The largest absolute Gasteiger partial charge is 0.384 e. The molecule has 2 N–H and O–H groups in total. The van der Waals surface area contributed by atoms with Gasteiger partial charge in [-0.15, -0.1) is 0 Å². The third kappa shape index (κ3) is 3.91. The predicted octanol–water partition coefficient (Wildman–Crippen LogP) is 2.09. The average molecular weight is 271 g/mol. The van der Waals surface area contributed by atoms with Crippen LogP contribution < -0.4 is 10.6 Å². The maximum Gasteiger partial charge on any atom is 0.134 e. The van der Waals surface area contributed by atoms with Crippen LogP contribution in [0.25, 0.3) is 0 Å². The van der Waals surface area contributed by atoms with E-state index < -0.39 is 0 Å². The lowest BCUT2D eigenvalue weighted by molar-refractivity contribution is 0.807. The number of likely N-dealkylation sites (N-methyl/N-ethyl adjacent to an activating group) is 1. The predicted molar refractivity (Wildman–Crippen MR) is 81.7 cm³/mol. The van der Waals surface area contributed by atoms with Crippen molar-refractivity contribution < 1.29 is 0 Å². The topological polar surface area (TPSA) is 67.9 Å². The Hall–Kier alpha value is -2.17.